The summed E-state index contributed by atoms with van der Waals surface area (Å²) in [6.07, 6.45) is -3.87. The molecular formula is C33H36ClF3N6O4. The Bertz CT molecular complexity index is 1910. The number of hydrogen-bond acceptors (Lipinski definition) is 8. The monoisotopic (exact) mass is 672 g/mol. The zero-order valence-electron chi connectivity index (χ0n) is 27.1. The fourth-order valence-corrected chi connectivity index (χ4v) is 5.97. The summed E-state index contributed by atoms with van der Waals surface area (Å²) in [5, 5.41) is 11.1. The lowest BCUT2D eigenvalue weighted by Crippen LogP contribution is -2.59. The molecule has 1 aliphatic heterocycles. The van der Waals surface area contributed by atoms with Crippen LogP contribution in [0.5, 0.6) is 5.75 Å². The van der Waals surface area contributed by atoms with E-state index in [0.717, 1.165) is 11.5 Å². The van der Waals surface area contributed by atoms with Gasteiger partial charge in [0.2, 0.25) is 0 Å². The van der Waals surface area contributed by atoms with Crippen LogP contribution < -0.4 is 10.6 Å². The number of ether oxygens (including phenoxy) is 1. The third-order valence-electron chi connectivity index (χ3n) is 8.13. The fraction of sp³-hybridized carbons (Fsp3) is 0.424. The van der Waals surface area contributed by atoms with Gasteiger partial charge in [0, 0.05) is 36.9 Å². The molecule has 47 heavy (non-hydrogen) atoms. The molecule has 4 heterocycles. The van der Waals surface area contributed by atoms with Crippen LogP contribution in [0.4, 0.5) is 23.8 Å². The highest BCUT2D eigenvalue weighted by molar-refractivity contribution is 6.34. The van der Waals surface area contributed by atoms with E-state index < -0.39 is 29.5 Å². The van der Waals surface area contributed by atoms with Gasteiger partial charge in [0.25, 0.3) is 0 Å². The van der Waals surface area contributed by atoms with Crippen molar-refractivity contribution in [3.8, 4) is 22.7 Å². The second-order valence-electron chi connectivity index (χ2n) is 12.9. The van der Waals surface area contributed by atoms with Crippen molar-refractivity contribution in [2.24, 2.45) is 0 Å². The number of aromatic nitrogens is 4. The summed E-state index contributed by atoms with van der Waals surface area (Å²) in [6, 6.07) is 8.66. The van der Waals surface area contributed by atoms with Crippen LogP contribution in [0, 0.1) is 6.92 Å². The summed E-state index contributed by atoms with van der Waals surface area (Å²) >= 11 is 6.79. The number of aryl methyl sites for hydroxylation is 1. The van der Waals surface area contributed by atoms with E-state index in [1.54, 1.807) is 56.9 Å². The minimum atomic E-state index is -4.65. The Kier molecular flexibility index (Phi) is 8.91. The highest BCUT2D eigenvalue weighted by Gasteiger charge is 2.41. The number of pyridine rings is 2. The number of alkyl halides is 3. The molecule has 0 spiro atoms. The number of nitrogens with zero attached hydrogens (tertiary/aromatic N) is 6. The summed E-state index contributed by atoms with van der Waals surface area (Å²) in [6.45, 7) is 12.1. The fourth-order valence-electron chi connectivity index (χ4n) is 5.72. The number of benzene rings is 1. The van der Waals surface area contributed by atoms with Crippen LogP contribution in [0.1, 0.15) is 58.7 Å². The molecule has 1 saturated heterocycles. The van der Waals surface area contributed by atoms with E-state index >= 15 is 0 Å². The third-order valence-corrected chi connectivity index (χ3v) is 8.41. The first-order chi connectivity index (χ1) is 21.9. The normalized spacial score (nSPS) is 18.0. The van der Waals surface area contributed by atoms with Gasteiger partial charge in [-0.15, -0.1) is 0 Å². The maximum absolute atomic E-state index is 14.1. The molecule has 250 valence electrons. The molecule has 0 bridgehead atoms. The predicted molar refractivity (Wildman–Crippen MR) is 173 cm³/mol. The van der Waals surface area contributed by atoms with Crippen molar-refractivity contribution in [1.29, 1.82) is 0 Å². The van der Waals surface area contributed by atoms with Crippen molar-refractivity contribution in [3.63, 3.8) is 0 Å². The summed E-state index contributed by atoms with van der Waals surface area (Å²) in [5.41, 5.74) is -1.35. The van der Waals surface area contributed by atoms with Gasteiger partial charge in [0.1, 0.15) is 17.2 Å². The Hall–Kier alpha value is -4.39. The van der Waals surface area contributed by atoms with E-state index in [0.29, 0.717) is 5.56 Å². The van der Waals surface area contributed by atoms with Gasteiger partial charge in [-0.25, -0.2) is 19.1 Å². The van der Waals surface area contributed by atoms with Gasteiger partial charge in [-0.2, -0.15) is 18.2 Å². The van der Waals surface area contributed by atoms with Gasteiger partial charge in [-0.3, -0.25) is 4.98 Å². The summed E-state index contributed by atoms with van der Waals surface area (Å²) in [5.74, 6) is -1.95. The van der Waals surface area contributed by atoms with E-state index in [1.165, 1.54) is 18.3 Å². The third kappa shape index (κ3) is 6.58. The molecular weight excluding hydrogens is 637 g/mol. The molecule has 3 aromatic heterocycles. The van der Waals surface area contributed by atoms with Crippen LogP contribution in [0.2, 0.25) is 5.02 Å². The van der Waals surface area contributed by atoms with Gasteiger partial charge in [0.15, 0.2) is 5.65 Å². The topological polar surface area (TPSA) is 114 Å². The number of hydrogen-bond donors (Lipinski definition) is 1. The van der Waals surface area contributed by atoms with Crippen LogP contribution in [0.15, 0.2) is 47.4 Å². The molecule has 10 nitrogen and oxygen atoms in total. The number of aromatic hydroxyl groups is 1. The van der Waals surface area contributed by atoms with E-state index in [2.05, 4.69) is 9.97 Å². The summed E-state index contributed by atoms with van der Waals surface area (Å²) in [7, 11) is 0. The lowest BCUT2D eigenvalue weighted by Gasteiger charge is -2.44. The second kappa shape index (κ2) is 12.3. The molecule has 4 aromatic rings. The molecule has 1 N–H and O–H groups in total. The summed E-state index contributed by atoms with van der Waals surface area (Å²) < 4.78 is 48.9. The van der Waals surface area contributed by atoms with Crippen molar-refractivity contribution >= 4 is 34.5 Å². The number of carbonyl (C=O) groups is 1. The zero-order chi connectivity index (χ0) is 34.6. The largest absolute Gasteiger partial charge is 0.507 e. The van der Waals surface area contributed by atoms with E-state index in [1.807, 2.05) is 18.7 Å². The number of amides is 1. The number of phenolic OH excluding ortho intramolecular Hbond substituents is 1. The Labute approximate surface area is 274 Å². The minimum absolute atomic E-state index is 0.0243. The highest BCUT2D eigenvalue weighted by Crippen LogP contribution is 2.40. The van der Waals surface area contributed by atoms with E-state index in [-0.39, 0.29) is 75.4 Å². The molecule has 0 saturated carbocycles. The smallest absolute Gasteiger partial charge is 0.410 e. The van der Waals surface area contributed by atoms with Gasteiger partial charge in [-0.05, 0) is 78.3 Å². The van der Waals surface area contributed by atoms with Crippen LogP contribution in [0.3, 0.4) is 0 Å². The maximum atomic E-state index is 14.1. The first-order valence-corrected chi connectivity index (χ1v) is 15.5. The predicted octanol–water partition coefficient (Wildman–Crippen LogP) is 7.01. The number of halogens is 4. The number of para-hydroxylation sites is 1. The van der Waals surface area contributed by atoms with E-state index in [9.17, 15) is 27.9 Å². The number of piperazine rings is 1. The second-order valence-corrected chi connectivity index (χ2v) is 13.3. The Morgan fingerprint density at radius 3 is 2.40 bits per heavy atom. The van der Waals surface area contributed by atoms with E-state index in [4.69, 9.17) is 21.3 Å². The molecule has 1 aliphatic rings. The van der Waals surface area contributed by atoms with Gasteiger partial charge < -0.3 is 19.6 Å². The molecule has 0 aliphatic carbocycles. The number of rotatable bonds is 4. The first kappa shape index (κ1) is 34.0. The molecule has 1 fully saturated rings. The molecule has 3 atom stereocenters. The molecule has 1 aromatic carbocycles. The van der Waals surface area contributed by atoms with Gasteiger partial charge in [0.05, 0.1) is 33.4 Å². The van der Waals surface area contributed by atoms with Crippen LogP contribution in [-0.2, 0) is 4.74 Å². The van der Waals surface area contributed by atoms with Crippen LogP contribution >= 0.6 is 11.6 Å². The standard InChI is InChI=1S/C33H36ClF3N6O4/c1-17-12-13-38-25(20(4)33(35,36)37)27(17)43-29-22(14-23(34)26(39-29)21-10-8-9-11-24(21)44)28(40-30(43)45)41-15-19(3)42(16-18(41)2)31(46)47-32(5,6)7/h8-14,18-20,44H,15-16H2,1-7H3/t18-,19+,20?/m0/s1. The SMILES string of the molecule is Cc1ccnc(C(C)C(F)(F)F)c1-n1c(=O)nc(N2C[C@@H](C)N(C(=O)OC(C)(C)C)C[C@@H]2C)c2cc(Cl)c(-c3ccccc3O)nc21. The minimum Gasteiger partial charge on any atom is -0.507 e. The number of phenols is 1. The highest BCUT2D eigenvalue weighted by atomic mass is 35.5. The van der Waals surface area contributed by atoms with Crippen molar-refractivity contribution in [1.82, 2.24) is 24.4 Å². The summed E-state index contributed by atoms with van der Waals surface area (Å²) in [4.78, 5) is 43.8. The zero-order valence-corrected chi connectivity index (χ0v) is 27.8. The average molecular weight is 673 g/mol. The van der Waals surface area contributed by atoms with Crippen LogP contribution in [-0.4, -0.2) is 72.6 Å². The lowest BCUT2D eigenvalue weighted by molar-refractivity contribution is -0.147. The first-order valence-electron chi connectivity index (χ1n) is 15.1. The van der Waals surface area contributed by atoms with Crippen LogP contribution in [0.25, 0.3) is 28.0 Å². The van der Waals surface area contributed by atoms with Crippen molar-refractivity contribution < 1.29 is 27.8 Å². The Morgan fingerprint density at radius 1 is 1.09 bits per heavy atom. The van der Waals surface area contributed by atoms with Gasteiger partial charge >= 0.3 is 18.0 Å². The maximum Gasteiger partial charge on any atom is 0.410 e. The molecule has 1 amide bonds. The molecule has 5 rings (SSSR count). The molecule has 0 radical (unpaired) electrons. The number of anilines is 1. The lowest BCUT2D eigenvalue weighted by atomic mass is 10.0. The Morgan fingerprint density at radius 2 is 1.77 bits per heavy atom. The Balaban J connectivity index is 1.77. The van der Waals surface area contributed by atoms with Gasteiger partial charge in [-0.1, -0.05) is 23.7 Å². The van der Waals surface area contributed by atoms with Crippen molar-refractivity contribution in [3.05, 3.63) is 69.4 Å². The van der Waals surface area contributed by atoms with Crippen molar-refractivity contribution in [2.75, 3.05) is 18.0 Å². The number of fused-ring (bicyclic) bond motifs is 1. The number of carbonyl (C=O) groups excluding carboxylic acids is 1. The molecule has 14 heteroatoms. The quantitative estimate of drug-likeness (QED) is 0.246. The molecule has 1 unspecified atom stereocenters. The average Bonchev–Trinajstić information content (AvgIpc) is 2.97. The van der Waals surface area contributed by atoms with Crippen molar-refractivity contribution in [2.45, 2.75) is 78.2 Å².